The summed E-state index contributed by atoms with van der Waals surface area (Å²) in [6.07, 6.45) is 3.68. The molecule has 0 atom stereocenters. The number of hydrogen-bond donors (Lipinski definition) is 2. The second kappa shape index (κ2) is 11.6. The first-order valence-corrected chi connectivity index (χ1v) is 14.2. The molecule has 0 aliphatic carbocycles. The molecule has 1 amide bonds. The van der Waals surface area contributed by atoms with Crippen molar-refractivity contribution in [1.82, 2.24) is 14.9 Å². The molecule has 2 N–H and O–H groups in total. The van der Waals surface area contributed by atoms with Crippen molar-refractivity contribution in [3.8, 4) is 22.3 Å². The van der Waals surface area contributed by atoms with Crippen LogP contribution in [0.4, 0.5) is 4.39 Å². The molecule has 6 heteroatoms. The van der Waals surface area contributed by atoms with Crippen LogP contribution in [-0.2, 0) is 13.0 Å². The lowest BCUT2D eigenvalue weighted by Gasteiger charge is -2.17. The van der Waals surface area contributed by atoms with Gasteiger partial charge in [0.1, 0.15) is 5.82 Å². The molecular formula is C35H36FN3O2. The van der Waals surface area contributed by atoms with Gasteiger partial charge in [-0.15, -0.1) is 0 Å². The Morgan fingerprint density at radius 3 is 2.41 bits per heavy atom. The number of halogens is 1. The van der Waals surface area contributed by atoms with E-state index in [0.717, 1.165) is 51.7 Å². The van der Waals surface area contributed by atoms with Gasteiger partial charge in [0.05, 0.1) is 5.52 Å². The molecule has 0 saturated heterocycles. The van der Waals surface area contributed by atoms with E-state index in [1.54, 1.807) is 12.1 Å². The van der Waals surface area contributed by atoms with Gasteiger partial charge in [0.15, 0.2) is 0 Å². The number of benzene rings is 3. The van der Waals surface area contributed by atoms with Crippen LogP contribution in [0.25, 0.3) is 33.2 Å². The molecular weight excluding hydrogens is 513 g/mol. The predicted octanol–water partition coefficient (Wildman–Crippen LogP) is 7.88. The molecule has 0 aliphatic heterocycles. The topological polar surface area (TPSA) is 66.9 Å². The number of carbonyl (C=O) groups excluding carboxylic acids is 1. The Balaban J connectivity index is 1.58. The van der Waals surface area contributed by atoms with Crippen LogP contribution in [0.5, 0.6) is 0 Å². The first-order valence-electron chi connectivity index (χ1n) is 14.2. The maximum Gasteiger partial charge on any atom is 0.253 e. The molecule has 0 aliphatic rings. The molecule has 41 heavy (non-hydrogen) atoms. The number of hydrogen-bond acceptors (Lipinski definition) is 2. The Kier molecular flexibility index (Phi) is 7.93. The summed E-state index contributed by atoms with van der Waals surface area (Å²) in [5, 5.41) is 3.96. The van der Waals surface area contributed by atoms with E-state index in [2.05, 4.69) is 35.6 Å². The van der Waals surface area contributed by atoms with E-state index in [-0.39, 0.29) is 29.9 Å². The number of nitrogens with zero attached hydrogens (tertiary/aromatic N) is 1. The highest BCUT2D eigenvalue weighted by Gasteiger charge is 2.21. The zero-order valence-corrected chi connectivity index (χ0v) is 24.3. The van der Waals surface area contributed by atoms with Gasteiger partial charge >= 0.3 is 0 Å². The van der Waals surface area contributed by atoms with Gasteiger partial charge in [0, 0.05) is 46.6 Å². The number of aromatic nitrogens is 2. The van der Waals surface area contributed by atoms with Gasteiger partial charge in [-0.05, 0) is 86.2 Å². The minimum Gasteiger partial charge on any atom is -0.348 e. The van der Waals surface area contributed by atoms with Crippen molar-refractivity contribution < 1.29 is 9.18 Å². The molecule has 5 aromatic rings. The molecule has 0 bridgehead atoms. The maximum atomic E-state index is 15.5. The van der Waals surface area contributed by atoms with Gasteiger partial charge in [0.2, 0.25) is 0 Å². The highest BCUT2D eigenvalue weighted by molar-refractivity contribution is 6.06. The van der Waals surface area contributed by atoms with Crippen LogP contribution < -0.4 is 10.9 Å². The van der Waals surface area contributed by atoms with Crippen molar-refractivity contribution in [1.29, 1.82) is 0 Å². The van der Waals surface area contributed by atoms with Crippen molar-refractivity contribution in [2.75, 3.05) is 0 Å². The number of carbonyl (C=O) groups is 1. The average Bonchev–Trinajstić information content (AvgIpc) is 3.40. The molecule has 2 heterocycles. The van der Waals surface area contributed by atoms with E-state index >= 15 is 4.39 Å². The van der Waals surface area contributed by atoms with Crippen LogP contribution in [0.15, 0.2) is 77.7 Å². The lowest BCUT2D eigenvalue weighted by atomic mass is 9.93. The summed E-state index contributed by atoms with van der Waals surface area (Å²) < 4.78 is 17.6. The fraction of sp³-hybridized carbons (Fsp3) is 0.257. The minimum absolute atomic E-state index is 0.127. The Morgan fingerprint density at radius 1 is 0.976 bits per heavy atom. The highest BCUT2D eigenvalue weighted by atomic mass is 19.1. The number of amides is 1. The Hall–Kier alpha value is -4.45. The molecule has 2 aromatic heterocycles. The summed E-state index contributed by atoms with van der Waals surface area (Å²) in [6.45, 7) is 10.2. The molecule has 210 valence electrons. The number of aromatic amines is 1. The van der Waals surface area contributed by atoms with Gasteiger partial charge in [-0.25, -0.2) is 4.39 Å². The quantitative estimate of drug-likeness (QED) is 0.207. The number of H-pyrrole nitrogens is 1. The SMILES string of the molecule is CCCc1cc(C)[nH]c(=O)c1CNC(=O)c1cc(-c2ccc(-c3ccccc3)c(F)c2)c2ccn(C(C)C)c2c1C. The van der Waals surface area contributed by atoms with Crippen LogP contribution in [0.2, 0.25) is 0 Å². The summed E-state index contributed by atoms with van der Waals surface area (Å²) in [5.74, 6) is -0.593. The van der Waals surface area contributed by atoms with E-state index in [9.17, 15) is 9.59 Å². The zero-order chi connectivity index (χ0) is 29.3. The normalized spacial score (nSPS) is 11.4. The molecule has 0 spiro atoms. The highest BCUT2D eigenvalue weighted by Crippen LogP contribution is 2.37. The Morgan fingerprint density at radius 2 is 1.73 bits per heavy atom. The first kappa shape index (κ1) is 28.1. The lowest BCUT2D eigenvalue weighted by Crippen LogP contribution is -2.29. The molecule has 5 rings (SSSR count). The second-order valence-electron chi connectivity index (χ2n) is 11.0. The van der Waals surface area contributed by atoms with E-state index in [4.69, 9.17) is 0 Å². The predicted molar refractivity (Wildman–Crippen MR) is 165 cm³/mol. The van der Waals surface area contributed by atoms with E-state index in [0.29, 0.717) is 22.3 Å². The van der Waals surface area contributed by atoms with Crippen molar-refractivity contribution >= 4 is 16.8 Å². The van der Waals surface area contributed by atoms with Gasteiger partial charge in [-0.2, -0.15) is 0 Å². The second-order valence-corrected chi connectivity index (χ2v) is 11.0. The molecule has 0 fully saturated rings. The fourth-order valence-electron chi connectivity index (χ4n) is 5.69. The van der Waals surface area contributed by atoms with Crippen LogP contribution in [0, 0.1) is 19.7 Å². The molecule has 3 aromatic carbocycles. The van der Waals surface area contributed by atoms with Crippen molar-refractivity contribution in [2.24, 2.45) is 0 Å². The number of nitrogens with one attached hydrogen (secondary N) is 2. The Bertz CT molecular complexity index is 1800. The molecule has 0 radical (unpaired) electrons. The van der Waals surface area contributed by atoms with E-state index in [1.807, 2.05) is 74.6 Å². The van der Waals surface area contributed by atoms with Crippen molar-refractivity contribution in [3.63, 3.8) is 0 Å². The Labute approximate surface area is 240 Å². The van der Waals surface area contributed by atoms with Gasteiger partial charge in [-0.3, -0.25) is 9.59 Å². The number of pyridine rings is 1. The third-order valence-corrected chi connectivity index (χ3v) is 7.73. The molecule has 0 saturated carbocycles. The largest absolute Gasteiger partial charge is 0.348 e. The monoisotopic (exact) mass is 549 g/mol. The van der Waals surface area contributed by atoms with E-state index in [1.165, 1.54) is 0 Å². The summed E-state index contributed by atoms with van der Waals surface area (Å²) in [5.41, 5.74) is 7.26. The summed E-state index contributed by atoms with van der Waals surface area (Å²) in [7, 11) is 0. The third-order valence-electron chi connectivity index (χ3n) is 7.73. The zero-order valence-electron chi connectivity index (χ0n) is 24.3. The van der Waals surface area contributed by atoms with Crippen LogP contribution >= 0.6 is 0 Å². The van der Waals surface area contributed by atoms with Crippen molar-refractivity contribution in [3.05, 3.63) is 117 Å². The summed E-state index contributed by atoms with van der Waals surface area (Å²) in [4.78, 5) is 29.3. The first-order chi connectivity index (χ1) is 19.7. The number of fused-ring (bicyclic) bond motifs is 1. The third kappa shape index (κ3) is 5.47. The molecule has 5 nitrogen and oxygen atoms in total. The van der Waals surface area contributed by atoms with Crippen molar-refractivity contribution in [2.45, 2.75) is 60.0 Å². The van der Waals surface area contributed by atoms with Crippen LogP contribution in [0.3, 0.4) is 0 Å². The van der Waals surface area contributed by atoms with E-state index < -0.39 is 0 Å². The number of aryl methyl sites for hydroxylation is 3. The molecule has 0 unspecified atom stereocenters. The fourth-order valence-corrected chi connectivity index (χ4v) is 5.69. The average molecular weight is 550 g/mol. The number of rotatable bonds is 8. The van der Waals surface area contributed by atoms with Crippen LogP contribution in [-0.4, -0.2) is 15.5 Å². The summed E-state index contributed by atoms with van der Waals surface area (Å²) in [6, 6.07) is 20.7. The smallest absolute Gasteiger partial charge is 0.253 e. The van der Waals surface area contributed by atoms with Gasteiger partial charge in [-0.1, -0.05) is 55.8 Å². The summed E-state index contributed by atoms with van der Waals surface area (Å²) >= 11 is 0. The minimum atomic E-state index is -0.321. The van der Waals surface area contributed by atoms with Crippen LogP contribution in [0.1, 0.15) is 66.0 Å². The lowest BCUT2D eigenvalue weighted by molar-refractivity contribution is 0.0950. The standard InChI is InChI=1S/C35H36FN3O2/c1-6-10-25-17-22(4)38-35(41)31(25)20-37-34(40)29-19-30(28-15-16-39(21(2)3)33(28)23(29)5)26-13-14-27(32(36)18-26)24-11-8-7-9-12-24/h7-9,11-19,21H,6,10,20H2,1-5H3,(H,37,40)(H,38,41). The van der Waals surface area contributed by atoms with Gasteiger partial charge in [0.25, 0.3) is 11.5 Å². The van der Waals surface area contributed by atoms with Gasteiger partial charge < -0.3 is 14.9 Å². The maximum absolute atomic E-state index is 15.5.